The quantitative estimate of drug-likeness (QED) is 0.0161. The van der Waals surface area contributed by atoms with E-state index in [2.05, 4.69) is 35.7 Å². The highest BCUT2D eigenvalue weighted by Gasteiger charge is 2.29. The zero-order chi connectivity index (χ0) is 92.7. The number of carboxylic acid groups (broad SMARTS) is 1. The third kappa shape index (κ3) is 26.1. The van der Waals surface area contributed by atoms with Crippen LogP contribution in [0.4, 0.5) is 45.5 Å². The van der Waals surface area contributed by atoms with E-state index in [1.807, 2.05) is 94.2 Å². The van der Waals surface area contributed by atoms with Crippen molar-refractivity contribution < 1.29 is 62.1 Å². The molecule has 10 aromatic carbocycles. The summed E-state index contributed by atoms with van der Waals surface area (Å²) in [6.45, 7) is 0. The van der Waals surface area contributed by atoms with E-state index in [-0.39, 0.29) is 83.2 Å². The lowest BCUT2D eigenvalue weighted by Crippen LogP contribution is -2.43. The Morgan fingerprint density at radius 1 is 0.421 bits per heavy atom. The van der Waals surface area contributed by atoms with Crippen LogP contribution in [0.15, 0.2) is 224 Å². The standard InChI is InChI=1S/C27H24Cl2N4O5.C26H26Cl2N4O4.C17H16Cl2N2O3.C10H10N2O3.C9H12N2O2/c1-32(2)17-11-12-21-18(14-17)25(35)33(27(37)31-21)16-9-7-15(8-10-16)13-22(26(36)38-3)30-24(34)23-19(28)5-4-6-20(23)29;1-32(2)17-11-12-21(29)18(14-17)24(33)30-16-9-7-15(8-10-16)13-22(26(35)36-3)31-25(34)23-19(27)5-4-6-20(23)28;1-24-17(23)14(9-10-5-7-11(20)8-6-10)21-16(22)15-12(18)3-2-4-13(15)19;1-12(2)6-3-4-8-7(5-6)9(13)15-10(14)11-8;1-11(2)6-3-4-8(10)7(5-6)9(12)13/h4-12,14,22H,13H2,1-3H3,(H,30,34)(H,31,37);4-12,14,22H,13,29H2,1-3H3,(H,30,33)(H,31,34);2-8,14H,9,20H2,1H3,(H,21,22);3-5H,1-2H3,(H,11,14);3-5H,10H2,1-2H3,(H,12,13)/t2*22-;14-;;/m000../s1. The number of anilines is 8. The fourth-order valence-electron chi connectivity index (χ4n) is 12.0. The van der Waals surface area contributed by atoms with Crippen LogP contribution in [-0.2, 0) is 47.9 Å². The van der Waals surface area contributed by atoms with Crippen LogP contribution in [0.1, 0.15) is 68.5 Å². The van der Waals surface area contributed by atoms with E-state index >= 15 is 0 Å². The van der Waals surface area contributed by atoms with Crippen molar-refractivity contribution in [1.82, 2.24) is 30.5 Å². The normalized spacial score (nSPS) is 11.2. The summed E-state index contributed by atoms with van der Waals surface area (Å²) in [5, 5.41) is 21.2. The van der Waals surface area contributed by atoms with Gasteiger partial charge >= 0.3 is 40.9 Å². The van der Waals surface area contributed by atoms with Crippen molar-refractivity contribution in [2.24, 2.45) is 0 Å². The maximum absolute atomic E-state index is 13.2. The number of hydrogen-bond donors (Lipinski definition) is 10. The molecule has 31 nitrogen and oxygen atoms in total. The molecule has 0 spiro atoms. The van der Waals surface area contributed by atoms with Gasteiger partial charge in [0.2, 0.25) is 0 Å². The molecule has 126 heavy (non-hydrogen) atoms. The second-order valence-corrected chi connectivity index (χ2v) is 30.8. The molecule has 0 aliphatic rings. The molecule has 37 heteroatoms. The van der Waals surface area contributed by atoms with Crippen molar-refractivity contribution in [3.8, 4) is 5.69 Å². The highest BCUT2D eigenvalue weighted by molar-refractivity contribution is 6.41. The lowest BCUT2D eigenvalue weighted by atomic mass is 10.0. The van der Waals surface area contributed by atoms with Crippen LogP contribution in [0.3, 0.4) is 0 Å². The molecule has 4 amide bonds. The average molecular weight is 1840 g/mol. The highest BCUT2D eigenvalue weighted by Crippen LogP contribution is 2.30. The molecule has 12 rings (SSSR count). The molecule has 0 aliphatic heterocycles. The predicted molar refractivity (Wildman–Crippen MR) is 495 cm³/mol. The summed E-state index contributed by atoms with van der Waals surface area (Å²) in [6.07, 6.45) is 0.475. The third-order valence-electron chi connectivity index (χ3n) is 18.8. The summed E-state index contributed by atoms with van der Waals surface area (Å²) in [6, 6.07) is 52.1. The number of esters is 3. The average Bonchev–Trinajstić information content (AvgIpc) is 0.771. The van der Waals surface area contributed by atoms with Crippen LogP contribution in [0.5, 0.6) is 0 Å². The van der Waals surface area contributed by atoms with E-state index in [1.54, 1.807) is 158 Å². The minimum atomic E-state index is -1.04. The maximum atomic E-state index is 13.2. The fourth-order valence-corrected chi connectivity index (χ4v) is 13.7. The van der Waals surface area contributed by atoms with Gasteiger partial charge in [0, 0.05) is 121 Å². The Balaban J connectivity index is 0.000000206. The van der Waals surface area contributed by atoms with Crippen LogP contribution in [-0.4, -0.2) is 163 Å². The topological polar surface area (TPSA) is 442 Å². The summed E-state index contributed by atoms with van der Waals surface area (Å²) >= 11 is 36.5. The van der Waals surface area contributed by atoms with Gasteiger partial charge < -0.3 is 86.8 Å². The number of aromatic nitrogens is 3. The number of ether oxygens (including phenoxy) is 3. The van der Waals surface area contributed by atoms with Gasteiger partial charge in [0.1, 0.15) is 18.1 Å². The van der Waals surface area contributed by atoms with E-state index in [0.29, 0.717) is 55.7 Å². The van der Waals surface area contributed by atoms with E-state index in [0.717, 1.165) is 38.4 Å². The largest absolute Gasteiger partial charge is 0.478 e. The van der Waals surface area contributed by atoms with Crippen LogP contribution in [0.25, 0.3) is 27.5 Å². The Morgan fingerprint density at radius 2 is 0.754 bits per heavy atom. The van der Waals surface area contributed by atoms with Crippen LogP contribution in [0, 0.1) is 0 Å². The lowest BCUT2D eigenvalue weighted by molar-refractivity contribution is -0.143. The number of benzene rings is 10. The van der Waals surface area contributed by atoms with E-state index in [1.165, 1.54) is 45.6 Å². The number of amides is 4. The smallest absolute Gasteiger partial charge is 0.419 e. The van der Waals surface area contributed by atoms with Crippen molar-refractivity contribution in [1.29, 1.82) is 0 Å². The molecule has 2 heterocycles. The minimum absolute atomic E-state index is 0.0485. The SMILES string of the molecule is CN(C)c1ccc(N)c(C(=O)O)c1.CN(C)c1ccc2[nH]c(=O)oc(=O)c2c1.COC(=O)[C@H](Cc1ccc(-n2c(=O)[nH]c3ccc(N(C)C)cc3c2=O)cc1)NC(=O)c1c(Cl)cccc1Cl.COC(=O)[C@H](Cc1ccc(N)cc1)NC(=O)c1c(Cl)cccc1Cl.COC(=O)[C@H](Cc1ccc(NC(=O)c2cc(N(C)C)ccc2N)cc1)NC(=O)c1c(Cl)cccc1Cl. The van der Waals surface area contributed by atoms with Gasteiger partial charge in [-0.3, -0.25) is 29.0 Å². The van der Waals surface area contributed by atoms with Crippen molar-refractivity contribution in [2.45, 2.75) is 37.4 Å². The van der Waals surface area contributed by atoms with Gasteiger partial charge in [-0.15, -0.1) is 0 Å². The number of fused-ring (bicyclic) bond motifs is 2. The van der Waals surface area contributed by atoms with Crippen molar-refractivity contribution in [2.75, 3.05) is 120 Å². The van der Waals surface area contributed by atoms with E-state index < -0.39 is 82.4 Å². The van der Waals surface area contributed by atoms with Crippen molar-refractivity contribution in [3.05, 3.63) is 317 Å². The molecule has 2 aromatic heterocycles. The molecule has 13 N–H and O–H groups in total. The molecule has 0 unspecified atom stereocenters. The Bertz CT molecular complexity index is 6210. The number of nitrogen functional groups attached to an aromatic ring is 3. The molecule has 0 saturated carbocycles. The number of halogens is 6. The number of nitrogens with zero attached hydrogens (tertiary/aromatic N) is 5. The van der Waals surface area contributed by atoms with Gasteiger partial charge in [0.05, 0.1) is 107 Å². The van der Waals surface area contributed by atoms with Crippen molar-refractivity contribution in [3.63, 3.8) is 0 Å². The summed E-state index contributed by atoms with van der Waals surface area (Å²) < 4.78 is 20.0. The van der Waals surface area contributed by atoms with Gasteiger partial charge in [-0.1, -0.05) is 124 Å². The zero-order valence-corrected chi connectivity index (χ0v) is 74.2. The molecular formula is C89H88Cl6N14O17. The molecule has 12 aromatic rings. The number of methoxy groups -OCH3 is 3. The molecule has 0 saturated heterocycles. The first kappa shape index (κ1) is 97.6. The minimum Gasteiger partial charge on any atom is -0.478 e. The number of carbonyl (C=O) groups excluding carboxylic acids is 7. The van der Waals surface area contributed by atoms with Gasteiger partial charge in [0.25, 0.3) is 29.2 Å². The molecule has 658 valence electrons. The number of aromatic amines is 2. The highest BCUT2D eigenvalue weighted by atomic mass is 35.5. The number of hydrogen-bond acceptors (Lipinski definition) is 23. The molecule has 3 atom stereocenters. The Hall–Kier alpha value is -13.8. The van der Waals surface area contributed by atoms with E-state index in [4.69, 9.17) is 106 Å². The van der Waals surface area contributed by atoms with E-state index in [9.17, 15) is 57.5 Å². The van der Waals surface area contributed by atoms with Crippen molar-refractivity contribution >= 4 is 184 Å². The van der Waals surface area contributed by atoms with Crippen LogP contribution < -0.4 is 80.7 Å². The lowest BCUT2D eigenvalue weighted by Gasteiger charge is -2.18. The number of carbonyl (C=O) groups is 8. The second kappa shape index (κ2) is 45.0. The number of carboxylic acids is 1. The molecule has 0 bridgehead atoms. The summed E-state index contributed by atoms with van der Waals surface area (Å²) in [4.78, 5) is 159. The van der Waals surface area contributed by atoms with Gasteiger partial charge in [-0.2, -0.15) is 0 Å². The van der Waals surface area contributed by atoms with Gasteiger partial charge in [0.15, 0.2) is 0 Å². The zero-order valence-electron chi connectivity index (χ0n) is 69.6. The molecule has 0 fully saturated rings. The van der Waals surface area contributed by atoms with Crippen LogP contribution in [0.2, 0.25) is 30.1 Å². The number of H-pyrrole nitrogens is 2. The first-order valence-corrected chi connectivity index (χ1v) is 40.0. The summed E-state index contributed by atoms with van der Waals surface area (Å²) in [5.41, 5.74) is 24.9. The number of aromatic carboxylic acids is 1. The van der Waals surface area contributed by atoms with Gasteiger partial charge in [-0.05, 0) is 162 Å². The van der Waals surface area contributed by atoms with Gasteiger partial charge in [-0.25, -0.2) is 38.1 Å². The number of rotatable bonds is 23. The molecule has 0 aliphatic carbocycles. The third-order valence-corrected chi connectivity index (χ3v) is 20.7. The first-order valence-electron chi connectivity index (χ1n) is 37.7. The summed E-state index contributed by atoms with van der Waals surface area (Å²) in [7, 11) is 18.6. The Kier molecular flexibility index (Phi) is 34.9. The fraction of sp³-hybridized carbons (Fsp3) is 0.191. The summed E-state index contributed by atoms with van der Waals surface area (Å²) in [5.74, 6) is -5.70. The second-order valence-electron chi connectivity index (χ2n) is 28.4. The Morgan fingerprint density at radius 3 is 1.13 bits per heavy atom. The Labute approximate surface area is 751 Å². The number of nitrogens with one attached hydrogen (secondary N) is 6. The molecular weight excluding hydrogens is 1750 g/mol. The number of nitrogens with two attached hydrogens (primary N) is 3. The molecule has 0 radical (unpaired) electrons. The predicted octanol–water partition coefficient (Wildman–Crippen LogP) is 12.6. The first-order chi connectivity index (χ1) is 59.7. The van der Waals surface area contributed by atoms with Crippen LogP contribution >= 0.6 is 69.6 Å². The monoisotopic (exact) mass is 1830 g/mol. The maximum Gasteiger partial charge on any atom is 0.419 e.